The van der Waals surface area contributed by atoms with Gasteiger partial charge < -0.3 is 14.8 Å². The molecule has 0 bridgehead atoms. The molecule has 2 atom stereocenters. The van der Waals surface area contributed by atoms with E-state index in [1.807, 2.05) is 67.6 Å². The Balaban J connectivity index is 1.55. The molecule has 3 rings (SSSR count). The standard InChI is InChI=1S/C21H23NO3/c1-2-17(15-8-4-3-5-9-15)21(24)22-13-12-18(23)20-14-16-10-6-7-11-19(16)25-20/h3-11,14,17-18,23H,2,12-13H2,1H3,(H,22,24)/t17-,18-/m0/s1. The van der Waals surface area contributed by atoms with Gasteiger partial charge in [0, 0.05) is 11.9 Å². The zero-order chi connectivity index (χ0) is 17.6. The molecule has 1 heterocycles. The normalized spacial score (nSPS) is 13.5. The monoisotopic (exact) mass is 337 g/mol. The van der Waals surface area contributed by atoms with Crippen molar-refractivity contribution in [3.05, 3.63) is 72.0 Å². The first-order valence-electron chi connectivity index (χ1n) is 8.68. The molecule has 0 fully saturated rings. The van der Waals surface area contributed by atoms with E-state index in [-0.39, 0.29) is 11.8 Å². The maximum Gasteiger partial charge on any atom is 0.227 e. The Bertz CT molecular complexity index is 792. The maximum absolute atomic E-state index is 12.4. The van der Waals surface area contributed by atoms with E-state index in [0.29, 0.717) is 18.7 Å². The highest BCUT2D eigenvalue weighted by molar-refractivity contribution is 5.83. The smallest absolute Gasteiger partial charge is 0.227 e. The first-order valence-corrected chi connectivity index (χ1v) is 8.68. The fourth-order valence-electron chi connectivity index (χ4n) is 3.02. The van der Waals surface area contributed by atoms with Crippen LogP contribution in [0.5, 0.6) is 0 Å². The van der Waals surface area contributed by atoms with Crippen molar-refractivity contribution in [2.45, 2.75) is 31.8 Å². The van der Waals surface area contributed by atoms with E-state index in [9.17, 15) is 9.90 Å². The minimum atomic E-state index is -0.732. The minimum Gasteiger partial charge on any atom is -0.458 e. The Morgan fingerprint density at radius 2 is 1.84 bits per heavy atom. The highest BCUT2D eigenvalue weighted by atomic mass is 16.4. The van der Waals surface area contributed by atoms with Gasteiger partial charge in [-0.15, -0.1) is 0 Å². The number of amides is 1. The Hall–Kier alpha value is -2.59. The average molecular weight is 337 g/mol. The van der Waals surface area contributed by atoms with E-state index in [1.165, 1.54) is 0 Å². The molecule has 0 aliphatic carbocycles. The summed E-state index contributed by atoms with van der Waals surface area (Å²) in [5, 5.41) is 14.2. The summed E-state index contributed by atoms with van der Waals surface area (Å²) in [7, 11) is 0. The van der Waals surface area contributed by atoms with Crippen LogP contribution in [0.2, 0.25) is 0 Å². The number of hydrogen-bond donors (Lipinski definition) is 2. The molecule has 0 aliphatic rings. The van der Waals surface area contributed by atoms with Gasteiger partial charge in [0.2, 0.25) is 5.91 Å². The summed E-state index contributed by atoms with van der Waals surface area (Å²) >= 11 is 0. The topological polar surface area (TPSA) is 62.5 Å². The lowest BCUT2D eigenvalue weighted by Crippen LogP contribution is -2.30. The van der Waals surface area contributed by atoms with Crippen LogP contribution in [0.1, 0.15) is 43.1 Å². The summed E-state index contributed by atoms with van der Waals surface area (Å²) in [5.41, 5.74) is 1.77. The number of carbonyl (C=O) groups excluding carboxylic acids is 1. The number of aliphatic hydroxyl groups excluding tert-OH is 1. The molecule has 1 aromatic heterocycles. The maximum atomic E-state index is 12.4. The Morgan fingerprint density at radius 3 is 2.56 bits per heavy atom. The van der Waals surface area contributed by atoms with E-state index in [1.54, 1.807) is 0 Å². The predicted molar refractivity (Wildman–Crippen MR) is 98.3 cm³/mol. The highest BCUT2D eigenvalue weighted by Gasteiger charge is 2.19. The van der Waals surface area contributed by atoms with Gasteiger partial charge in [-0.1, -0.05) is 55.5 Å². The van der Waals surface area contributed by atoms with Crippen LogP contribution in [-0.2, 0) is 4.79 Å². The molecule has 1 amide bonds. The quantitative estimate of drug-likeness (QED) is 0.680. The van der Waals surface area contributed by atoms with Crippen molar-refractivity contribution in [1.29, 1.82) is 0 Å². The Kier molecular flexibility index (Phi) is 5.51. The molecule has 0 radical (unpaired) electrons. The molecule has 130 valence electrons. The number of furan rings is 1. The third-order valence-corrected chi connectivity index (χ3v) is 4.42. The van der Waals surface area contributed by atoms with Crippen molar-refractivity contribution in [1.82, 2.24) is 5.32 Å². The van der Waals surface area contributed by atoms with Crippen LogP contribution in [0, 0.1) is 0 Å². The fraction of sp³-hybridized carbons (Fsp3) is 0.286. The number of carbonyl (C=O) groups is 1. The van der Waals surface area contributed by atoms with Crippen LogP contribution in [0.25, 0.3) is 11.0 Å². The Morgan fingerprint density at radius 1 is 1.12 bits per heavy atom. The molecule has 25 heavy (non-hydrogen) atoms. The van der Waals surface area contributed by atoms with Crippen LogP contribution in [-0.4, -0.2) is 17.6 Å². The zero-order valence-corrected chi connectivity index (χ0v) is 14.3. The second kappa shape index (κ2) is 7.99. The van der Waals surface area contributed by atoms with Crippen molar-refractivity contribution >= 4 is 16.9 Å². The van der Waals surface area contributed by atoms with Crippen molar-refractivity contribution in [3.8, 4) is 0 Å². The van der Waals surface area contributed by atoms with Gasteiger partial charge in [0.15, 0.2) is 0 Å². The van der Waals surface area contributed by atoms with Gasteiger partial charge >= 0.3 is 0 Å². The van der Waals surface area contributed by atoms with Gasteiger partial charge in [-0.2, -0.15) is 0 Å². The lowest BCUT2D eigenvalue weighted by Gasteiger charge is -2.16. The molecule has 0 spiro atoms. The number of hydrogen-bond acceptors (Lipinski definition) is 3. The molecule has 4 heteroatoms. The molecule has 2 aromatic carbocycles. The predicted octanol–water partition coefficient (Wildman–Crippen LogP) is 4.17. The summed E-state index contributed by atoms with van der Waals surface area (Å²) in [6, 6.07) is 19.3. The van der Waals surface area contributed by atoms with Crippen LogP contribution >= 0.6 is 0 Å². The highest BCUT2D eigenvalue weighted by Crippen LogP contribution is 2.25. The van der Waals surface area contributed by atoms with Gasteiger partial charge in [-0.3, -0.25) is 4.79 Å². The summed E-state index contributed by atoms with van der Waals surface area (Å²) in [6.45, 7) is 2.40. The molecule has 0 saturated carbocycles. The molecule has 3 aromatic rings. The average Bonchev–Trinajstić information content (AvgIpc) is 3.07. The third-order valence-electron chi connectivity index (χ3n) is 4.42. The Labute approximate surface area is 147 Å². The van der Waals surface area contributed by atoms with Gasteiger partial charge in [0.05, 0.1) is 5.92 Å². The fourth-order valence-corrected chi connectivity index (χ4v) is 3.02. The molecule has 0 unspecified atom stereocenters. The summed E-state index contributed by atoms with van der Waals surface area (Å²) in [5.74, 6) is 0.362. The number of fused-ring (bicyclic) bond motifs is 1. The van der Waals surface area contributed by atoms with Gasteiger partial charge in [-0.05, 0) is 30.5 Å². The number of benzene rings is 2. The van der Waals surface area contributed by atoms with Crippen LogP contribution in [0.15, 0.2) is 65.1 Å². The number of nitrogens with one attached hydrogen (secondary N) is 1. The molecular formula is C21H23NO3. The summed E-state index contributed by atoms with van der Waals surface area (Å²) in [4.78, 5) is 12.4. The van der Waals surface area contributed by atoms with E-state index in [2.05, 4.69) is 5.32 Å². The van der Waals surface area contributed by atoms with E-state index < -0.39 is 6.10 Å². The van der Waals surface area contributed by atoms with Crippen molar-refractivity contribution in [2.24, 2.45) is 0 Å². The van der Waals surface area contributed by atoms with E-state index in [4.69, 9.17) is 4.42 Å². The third kappa shape index (κ3) is 4.09. The number of rotatable bonds is 7. The largest absolute Gasteiger partial charge is 0.458 e. The number of para-hydroxylation sites is 1. The van der Waals surface area contributed by atoms with Crippen molar-refractivity contribution in [3.63, 3.8) is 0 Å². The molecule has 0 aliphatic heterocycles. The van der Waals surface area contributed by atoms with Gasteiger partial charge in [0.25, 0.3) is 0 Å². The second-order valence-electron chi connectivity index (χ2n) is 6.15. The van der Waals surface area contributed by atoms with Crippen LogP contribution in [0.3, 0.4) is 0 Å². The van der Waals surface area contributed by atoms with Gasteiger partial charge in [0.1, 0.15) is 17.4 Å². The first-order chi connectivity index (χ1) is 12.2. The summed E-state index contributed by atoms with van der Waals surface area (Å²) in [6.07, 6.45) is 0.420. The lowest BCUT2D eigenvalue weighted by atomic mass is 9.95. The van der Waals surface area contributed by atoms with Gasteiger partial charge in [-0.25, -0.2) is 0 Å². The first kappa shape index (κ1) is 17.2. The SMILES string of the molecule is CC[C@H](C(=O)NCC[C@H](O)c1cc2ccccc2o1)c1ccccc1. The molecule has 0 saturated heterocycles. The van der Waals surface area contributed by atoms with Crippen molar-refractivity contribution < 1.29 is 14.3 Å². The second-order valence-corrected chi connectivity index (χ2v) is 6.15. The molecule has 2 N–H and O–H groups in total. The van der Waals surface area contributed by atoms with E-state index in [0.717, 1.165) is 23.0 Å². The summed E-state index contributed by atoms with van der Waals surface area (Å²) < 4.78 is 5.66. The van der Waals surface area contributed by atoms with Crippen LogP contribution < -0.4 is 5.32 Å². The molecular weight excluding hydrogens is 314 g/mol. The lowest BCUT2D eigenvalue weighted by molar-refractivity contribution is -0.122. The van der Waals surface area contributed by atoms with Crippen LogP contribution in [0.4, 0.5) is 0 Å². The van der Waals surface area contributed by atoms with Crippen molar-refractivity contribution in [2.75, 3.05) is 6.54 Å². The molecule has 4 nitrogen and oxygen atoms in total. The number of aliphatic hydroxyl groups is 1. The minimum absolute atomic E-state index is 0.00879. The van der Waals surface area contributed by atoms with E-state index >= 15 is 0 Å². The zero-order valence-electron chi connectivity index (χ0n) is 14.3.